The van der Waals surface area contributed by atoms with Crippen LogP contribution in [-0.2, 0) is 4.79 Å². The van der Waals surface area contributed by atoms with E-state index in [1.165, 1.54) is 0 Å². The van der Waals surface area contributed by atoms with Crippen LogP contribution in [0.4, 0.5) is 0 Å². The number of rotatable bonds is 9. The predicted molar refractivity (Wildman–Crippen MR) is 85.5 cm³/mol. The summed E-state index contributed by atoms with van der Waals surface area (Å²) in [6, 6.07) is 10.1. The van der Waals surface area contributed by atoms with Crippen LogP contribution in [0.25, 0.3) is 6.08 Å². The number of amides is 1. The molecular weight excluding hydrogens is 248 g/mol. The van der Waals surface area contributed by atoms with E-state index in [0.29, 0.717) is 13.0 Å². The molecule has 0 aliphatic rings. The molecule has 0 aliphatic carbocycles. The third-order valence-electron chi connectivity index (χ3n) is 3.04. The Hall–Kier alpha value is -1.61. The summed E-state index contributed by atoms with van der Waals surface area (Å²) in [5.41, 5.74) is 1.16. The van der Waals surface area contributed by atoms with E-state index in [-0.39, 0.29) is 5.91 Å². The fraction of sp³-hybridized carbons (Fsp3) is 0.471. The normalized spacial score (nSPS) is 11.2. The molecule has 0 fully saturated rings. The summed E-state index contributed by atoms with van der Waals surface area (Å²) in [6.45, 7) is 1.70. The van der Waals surface area contributed by atoms with E-state index in [1.807, 2.05) is 42.5 Å². The van der Waals surface area contributed by atoms with Gasteiger partial charge in [-0.15, -0.1) is 0 Å². The van der Waals surface area contributed by atoms with Crippen molar-refractivity contribution in [2.75, 3.05) is 27.2 Å². The lowest BCUT2D eigenvalue weighted by Crippen LogP contribution is -2.22. The van der Waals surface area contributed by atoms with Crippen LogP contribution < -0.4 is 5.32 Å². The van der Waals surface area contributed by atoms with Crippen molar-refractivity contribution < 1.29 is 4.79 Å². The maximum Gasteiger partial charge on any atom is 0.220 e. The summed E-state index contributed by atoms with van der Waals surface area (Å²) in [7, 11) is 4.15. The molecule has 0 saturated heterocycles. The first-order valence-electron chi connectivity index (χ1n) is 7.31. The monoisotopic (exact) mass is 274 g/mol. The molecule has 0 heterocycles. The third kappa shape index (κ3) is 8.48. The van der Waals surface area contributed by atoms with Gasteiger partial charge in [0.1, 0.15) is 0 Å². The van der Waals surface area contributed by atoms with Gasteiger partial charge in [-0.1, -0.05) is 48.9 Å². The van der Waals surface area contributed by atoms with Gasteiger partial charge in [0, 0.05) is 13.0 Å². The van der Waals surface area contributed by atoms with Crippen molar-refractivity contribution in [3.8, 4) is 0 Å². The van der Waals surface area contributed by atoms with Crippen molar-refractivity contribution in [3.05, 3.63) is 42.0 Å². The zero-order valence-electron chi connectivity index (χ0n) is 12.6. The van der Waals surface area contributed by atoms with Crippen molar-refractivity contribution in [3.63, 3.8) is 0 Å². The van der Waals surface area contributed by atoms with E-state index in [2.05, 4.69) is 24.3 Å². The molecule has 3 nitrogen and oxygen atoms in total. The topological polar surface area (TPSA) is 32.3 Å². The average molecular weight is 274 g/mol. The number of benzene rings is 1. The van der Waals surface area contributed by atoms with Gasteiger partial charge in [-0.3, -0.25) is 4.79 Å². The van der Waals surface area contributed by atoms with E-state index in [0.717, 1.165) is 31.4 Å². The fourth-order valence-corrected chi connectivity index (χ4v) is 1.91. The van der Waals surface area contributed by atoms with Gasteiger partial charge in [-0.05, 0) is 39.0 Å². The number of unbranched alkanes of at least 4 members (excludes halogenated alkanes) is 2. The highest BCUT2D eigenvalue weighted by atomic mass is 16.1. The van der Waals surface area contributed by atoms with E-state index >= 15 is 0 Å². The van der Waals surface area contributed by atoms with Crippen LogP contribution in [-0.4, -0.2) is 38.0 Å². The third-order valence-corrected chi connectivity index (χ3v) is 3.04. The molecule has 1 aromatic carbocycles. The molecule has 20 heavy (non-hydrogen) atoms. The molecule has 0 bridgehead atoms. The van der Waals surface area contributed by atoms with Crippen LogP contribution in [0.1, 0.15) is 31.2 Å². The standard InChI is InChI=1S/C17H26N2O/c1-19(2)15-8-4-7-13-17(20)18-14-9-12-16-10-5-3-6-11-16/h3,5-6,9-12H,4,7-8,13-15H2,1-2H3,(H,18,20)/b12-9+. The van der Waals surface area contributed by atoms with Gasteiger partial charge in [-0.25, -0.2) is 0 Å². The van der Waals surface area contributed by atoms with Gasteiger partial charge in [0.15, 0.2) is 0 Å². The quantitative estimate of drug-likeness (QED) is 0.702. The zero-order chi connectivity index (χ0) is 14.6. The molecule has 1 rings (SSSR count). The minimum absolute atomic E-state index is 0.146. The molecule has 0 aromatic heterocycles. The van der Waals surface area contributed by atoms with Crippen molar-refractivity contribution >= 4 is 12.0 Å². The fourth-order valence-electron chi connectivity index (χ4n) is 1.91. The van der Waals surface area contributed by atoms with E-state index in [9.17, 15) is 4.79 Å². The molecule has 0 saturated carbocycles. The second-order valence-corrected chi connectivity index (χ2v) is 5.23. The second kappa shape index (κ2) is 10.2. The lowest BCUT2D eigenvalue weighted by molar-refractivity contribution is -0.121. The van der Waals surface area contributed by atoms with Gasteiger partial charge in [0.25, 0.3) is 0 Å². The van der Waals surface area contributed by atoms with Crippen molar-refractivity contribution in [2.45, 2.75) is 25.7 Å². The van der Waals surface area contributed by atoms with Gasteiger partial charge in [0.2, 0.25) is 5.91 Å². The molecule has 0 radical (unpaired) electrons. The highest BCUT2D eigenvalue weighted by molar-refractivity contribution is 5.76. The Labute approximate surface area is 122 Å². The maximum absolute atomic E-state index is 11.6. The minimum atomic E-state index is 0.146. The molecule has 0 unspecified atom stereocenters. The molecule has 1 amide bonds. The molecule has 110 valence electrons. The van der Waals surface area contributed by atoms with Crippen molar-refractivity contribution in [1.82, 2.24) is 10.2 Å². The molecule has 1 N–H and O–H groups in total. The molecule has 0 aliphatic heterocycles. The largest absolute Gasteiger partial charge is 0.353 e. The van der Waals surface area contributed by atoms with Crippen LogP contribution >= 0.6 is 0 Å². The van der Waals surface area contributed by atoms with Gasteiger partial charge >= 0.3 is 0 Å². The summed E-state index contributed by atoms with van der Waals surface area (Å²) >= 11 is 0. The molecule has 0 atom stereocenters. The Morgan fingerprint density at radius 1 is 1.15 bits per heavy atom. The predicted octanol–water partition coefficient (Wildman–Crippen LogP) is 2.94. The van der Waals surface area contributed by atoms with Crippen molar-refractivity contribution in [1.29, 1.82) is 0 Å². The van der Waals surface area contributed by atoms with Crippen LogP contribution in [0.3, 0.4) is 0 Å². The average Bonchev–Trinajstić information content (AvgIpc) is 2.44. The lowest BCUT2D eigenvalue weighted by Gasteiger charge is -2.08. The van der Waals surface area contributed by atoms with Crippen molar-refractivity contribution in [2.24, 2.45) is 0 Å². The number of nitrogens with one attached hydrogen (secondary N) is 1. The Balaban J connectivity index is 2.04. The Bertz CT molecular complexity index is 399. The first-order chi connectivity index (χ1) is 9.68. The Morgan fingerprint density at radius 2 is 1.90 bits per heavy atom. The highest BCUT2D eigenvalue weighted by Crippen LogP contribution is 2.01. The first kappa shape index (κ1) is 16.4. The van der Waals surface area contributed by atoms with Gasteiger partial charge < -0.3 is 10.2 Å². The van der Waals surface area contributed by atoms with E-state index < -0.39 is 0 Å². The number of carbonyl (C=O) groups is 1. The summed E-state index contributed by atoms with van der Waals surface area (Å²) < 4.78 is 0. The number of nitrogens with zero attached hydrogens (tertiary/aromatic N) is 1. The number of hydrogen-bond donors (Lipinski definition) is 1. The highest BCUT2D eigenvalue weighted by Gasteiger charge is 1.99. The smallest absolute Gasteiger partial charge is 0.220 e. The van der Waals surface area contributed by atoms with Crippen LogP contribution in [0.5, 0.6) is 0 Å². The maximum atomic E-state index is 11.6. The molecule has 1 aromatic rings. The SMILES string of the molecule is CN(C)CCCCCC(=O)NC/C=C/c1ccccc1. The summed E-state index contributed by atoms with van der Waals surface area (Å²) in [4.78, 5) is 13.8. The van der Waals surface area contributed by atoms with Crippen LogP contribution in [0.2, 0.25) is 0 Å². The van der Waals surface area contributed by atoms with Crippen LogP contribution in [0, 0.1) is 0 Å². The summed E-state index contributed by atoms with van der Waals surface area (Å²) in [6.07, 6.45) is 7.89. The van der Waals surface area contributed by atoms with Crippen LogP contribution in [0.15, 0.2) is 36.4 Å². The molecule has 3 heteroatoms. The zero-order valence-corrected chi connectivity index (χ0v) is 12.6. The van der Waals surface area contributed by atoms with E-state index in [4.69, 9.17) is 0 Å². The Kier molecular flexibility index (Phi) is 8.40. The second-order valence-electron chi connectivity index (χ2n) is 5.23. The lowest BCUT2D eigenvalue weighted by atomic mass is 10.2. The molecular formula is C17H26N2O. The van der Waals surface area contributed by atoms with E-state index in [1.54, 1.807) is 0 Å². The van der Waals surface area contributed by atoms with Gasteiger partial charge in [0.05, 0.1) is 0 Å². The summed E-state index contributed by atoms with van der Waals surface area (Å²) in [5.74, 6) is 0.146. The Morgan fingerprint density at radius 3 is 2.60 bits per heavy atom. The van der Waals surface area contributed by atoms with Gasteiger partial charge in [-0.2, -0.15) is 0 Å². The first-order valence-corrected chi connectivity index (χ1v) is 7.31. The summed E-state index contributed by atoms with van der Waals surface area (Å²) in [5, 5.41) is 2.92. The number of carbonyl (C=O) groups excluding carboxylic acids is 1. The minimum Gasteiger partial charge on any atom is -0.353 e. The molecule has 0 spiro atoms. The number of hydrogen-bond acceptors (Lipinski definition) is 2.